The Morgan fingerprint density at radius 3 is 2.68 bits per heavy atom. The highest BCUT2D eigenvalue weighted by Crippen LogP contribution is 2.34. The zero-order valence-electron chi connectivity index (χ0n) is 11.9. The van der Waals surface area contributed by atoms with Gasteiger partial charge in [0.1, 0.15) is 24.1 Å². The van der Waals surface area contributed by atoms with Gasteiger partial charge in [0.05, 0.1) is 18.1 Å². The Balaban J connectivity index is 1.75. The van der Waals surface area contributed by atoms with E-state index >= 15 is 0 Å². The maximum Gasteiger partial charge on any atom is 0.311 e. The fourth-order valence-corrected chi connectivity index (χ4v) is 2.78. The van der Waals surface area contributed by atoms with E-state index in [-0.39, 0.29) is 36.4 Å². The van der Waals surface area contributed by atoms with Gasteiger partial charge in [-0.15, -0.1) is 0 Å². The molecule has 2 heterocycles. The predicted octanol–water partition coefficient (Wildman–Crippen LogP) is 1.68. The van der Waals surface area contributed by atoms with Crippen LogP contribution in [-0.4, -0.2) is 49.2 Å². The number of nitro benzene ring substituents is 1. The van der Waals surface area contributed by atoms with Crippen molar-refractivity contribution in [2.75, 3.05) is 19.8 Å². The molecular weight excluding hydrogens is 297 g/mol. The van der Waals surface area contributed by atoms with Crippen LogP contribution in [-0.2, 0) is 14.2 Å². The molecule has 2 fully saturated rings. The van der Waals surface area contributed by atoms with Gasteiger partial charge >= 0.3 is 5.69 Å². The number of rotatable bonds is 5. The molecule has 3 rings (SSSR count). The van der Waals surface area contributed by atoms with Crippen LogP contribution < -0.4 is 4.74 Å². The van der Waals surface area contributed by atoms with Gasteiger partial charge in [0.2, 0.25) is 0 Å². The van der Waals surface area contributed by atoms with Gasteiger partial charge in [0.15, 0.2) is 11.9 Å². The van der Waals surface area contributed by atoms with E-state index in [0.717, 1.165) is 18.2 Å². The summed E-state index contributed by atoms with van der Waals surface area (Å²) in [5.74, 6) is -0.724. The van der Waals surface area contributed by atoms with Crippen molar-refractivity contribution >= 4 is 5.69 Å². The van der Waals surface area contributed by atoms with Crippen LogP contribution >= 0.6 is 0 Å². The molecule has 2 aliphatic rings. The molecule has 1 aromatic rings. The molecule has 0 N–H and O–H groups in total. The van der Waals surface area contributed by atoms with Gasteiger partial charge in [0.25, 0.3) is 0 Å². The molecule has 0 amide bonds. The first-order chi connectivity index (χ1) is 10.6. The van der Waals surface area contributed by atoms with Gasteiger partial charge in [-0.05, 0) is 13.0 Å². The van der Waals surface area contributed by atoms with Gasteiger partial charge in [-0.3, -0.25) is 10.1 Å². The molecule has 0 unspecified atom stereocenters. The summed E-state index contributed by atoms with van der Waals surface area (Å²) in [6.45, 7) is 3.02. The third-order valence-corrected chi connectivity index (χ3v) is 3.74. The monoisotopic (exact) mass is 313 g/mol. The van der Waals surface area contributed by atoms with E-state index < -0.39 is 16.8 Å². The highest BCUT2D eigenvalue weighted by Gasteiger charge is 2.49. The van der Waals surface area contributed by atoms with Gasteiger partial charge < -0.3 is 18.9 Å². The minimum Gasteiger partial charge on any atom is -0.478 e. The molecule has 4 atom stereocenters. The number of nitrogens with zero attached hydrogens (tertiary/aromatic N) is 1. The minimum absolute atomic E-state index is 0.122. The Morgan fingerprint density at radius 1 is 1.32 bits per heavy atom. The zero-order chi connectivity index (χ0) is 15.7. The summed E-state index contributed by atoms with van der Waals surface area (Å²) < 4.78 is 35.7. The average Bonchev–Trinajstić information content (AvgIpc) is 3.03. The van der Waals surface area contributed by atoms with E-state index in [1.165, 1.54) is 0 Å². The number of hydrogen-bond acceptors (Lipinski definition) is 6. The molecule has 0 bridgehead atoms. The Hall–Kier alpha value is -1.77. The van der Waals surface area contributed by atoms with E-state index in [1.54, 1.807) is 0 Å². The molecule has 120 valence electrons. The summed E-state index contributed by atoms with van der Waals surface area (Å²) in [5.41, 5.74) is -0.288. The topological polar surface area (TPSA) is 80.1 Å². The number of halogens is 1. The molecule has 0 spiro atoms. The summed E-state index contributed by atoms with van der Waals surface area (Å²) >= 11 is 0. The smallest absolute Gasteiger partial charge is 0.311 e. The Kier molecular flexibility index (Phi) is 4.23. The van der Waals surface area contributed by atoms with Gasteiger partial charge in [0, 0.05) is 18.7 Å². The molecule has 0 radical (unpaired) electrons. The molecule has 2 aliphatic heterocycles. The lowest BCUT2D eigenvalue weighted by molar-refractivity contribution is -0.386. The second kappa shape index (κ2) is 6.15. The Labute approximate surface area is 126 Å². The van der Waals surface area contributed by atoms with Crippen molar-refractivity contribution < 1.29 is 28.3 Å². The average molecular weight is 313 g/mol. The number of ether oxygens (including phenoxy) is 4. The maximum atomic E-state index is 13.3. The van der Waals surface area contributed by atoms with E-state index in [9.17, 15) is 14.5 Å². The molecule has 0 aliphatic carbocycles. The van der Waals surface area contributed by atoms with E-state index in [4.69, 9.17) is 18.9 Å². The van der Waals surface area contributed by atoms with E-state index in [0.29, 0.717) is 13.2 Å². The van der Waals surface area contributed by atoms with Crippen molar-refractivity contribution in [3.8, 4) is 5.75 Å². The van der Waals surface area contributed by atoms with Crippen LogP contribution in [0.25, 0.3) is 0 Å². The van der Waals surface area contributed by atoms with Crippen LogP contribution in [0.1, 0.15) is 6.92 Å². The summed E-state index contributed by atoms with van der Waals surface area (Å²) in [6.07, 6.45) is -1.35. The van der Waals surface area contributed by atoms with E-state index in [1.807, 2.05) is 6.92 Å². The van der Waals surface area contributed by atoms with Crippen LogP contribution in [0.3, 0.4) is 0 Å². The van der Waals surface area contributed by atoms with Crippen LogP contribution in [0.2, 0.25) is 0 Å². The minimum atomic E-state index is -0.611. The normalized spacial score (nSPS) is 30.3. The van der Waals surface area contributed by atoms with Crippen molar-refractivity contribution in [1.82, 2.24) is 0 Å². The number of hydrogen-bond donors (Lipinski definition) is 0. The number of nitro groups is 1. The summed E-state index contributed by atoms with van der Waals surface area (Å²) in [4.78, 5) is 10.4. The second-order valence-corrected chi connectivity index (χ2v) is 5.12. The zero-order valence-corrected chi connectivity index (χ0v) is 11.9. The van der Waals surface area contributed by atoms with Crippen molar-refractivity contribution in [3.05, 3.63) is 34.1 Å². The Morgan fingerprint density at radius 2 is 2.00 bits per heavy atom. The maximum absolute atomic E-state index is 13.3. The molecule has 2 saturated heterocycles. The number of fused-ring (bicyclic) bond motifs is 1. The van der Waals surface area contributed by atoms with E-state index in [2.05, 4.69) is 0 Å². The van der Waals surface area contributed by atoms with Gasteiger partial charge in [-0.25, -0.2) is 4.39 Å². The molecule has 7 nitrogen and oxygen atoms in total. The highest BCUT2D eigenvalue weighted by atomic mass is 19.1. The second-order valence-electron chi connectivity index (χ2n) is 5.12. The summed E-state index contributed by atoms with van der Waals surface area (Å²) in [5, 5.41) is 11.0. The molecular formula is C14H16FNO6. The quantitative estimate of drug-likeness (QED) is 0.608. The SMILES string of the molecule is CCO[C@@H]1CO[C@H]2[C@@H]1OC[C@H]2Oc1cc(F)ccc1[N+](=O)[O-]. The number of benzene rings is 1. The third-order valence-electron chi connectivity index (χ3n) is 3.74. The third kappa shape index (κ3) is 2.77. The van der Waals surface area contributed by atoms with Crippen molar-refractivity contribution in [1.29, 1.82) is 0 Å². The molecule has 22 heavy (non-hydrogen) atoms. The molecule has 0 saturated carbocycles. The van der Waals surface area contributed by atoms with Crippen molar-refractivity contribution in [3.63, 3.8) is 0 Å². The standard InChI is InChI=1S/C14H16FNO6/c1-2-19-11-6-20-14-12(7-21-13(11)14)22-10-5-8(15)3-4-9(10)16(17)18/h3-5,11-14H,2,6-7H2,1H3/t11-,12-,13-,14-/m1/s1. The lowest BCUT2D eigenvalue weighted by Crippen LogP contribution is -2.35. The highest BCUT2D eigenvalue weighted by molar-refractivity contribution is 5.46. The first-order valence-corrected chi connectivity index (χ1v) is 7.05. The van der Waals surface area contributed by atoms with Crippen LogP contribution in [0.5, 0.6) is 5.75 Å². The first-order valence-electron chi connectivity index (χ1n) is 7.05. The van der Waals surface area contributed by atoms with Crippen LogP contribution in [0.4, 0.5) is 10.1 Å². The molecule has 1 aromatic carbocycles. The molecule has 8 heteroatoms. The fraction of sp³-hybridized carbons (Fsp3) is 0.571. The first kappa shape index (κ1) is 15.1. The molecule has 0 aromatic heterocycles. The predicted molar refractivity (Wildman–Crippen MR) is 72.4 cm³/mol. The Bertz CT molecular complexity index is 568. The van der Waals surface area contributed by atoms with Gasteiger partial charge in [-0.1, -0.05) is 0 Å². The van der Waals surface area contributed by atoms with Crippen LogP contribution in [0, 0.1) is 15.9 Å². The largest absolute Gasteiger partial charge is 0.478 e. The van der Waals surface area contributed by atoms with Gasteiger partial charge in [-0.2, -0.15) is 0 Å². The van der Waals surface area contributed by atoms with Crippen molar-refractivity contribution in [2.24, 2.45) is 0 Å². The summed E-state index contributed by atoms with van der Waals surface area (Å²) in [6, 6.07) is 3.10. The summed E-state index contributed by atoms with van der Waals surface area (Å²) in [7, 11) is 0. The van der Waals surface area contributed by atoms with Crippen molar-refractivity contribution in [2.45, 2.75) is 31.3 Å². The lowest BCUT2D eigenvalue weighted by Gasteiger charge is -2.18. The van der Waals surface area contributed by atoms with Crippen LogP contribution in [0.15, 0.2) is 18.2 Å². The fourth-order valence-electron chi connectivity index (χ4n) is 2.78. The lowest BCUT2D eigenvalue weighted by atomic mass is 10.1.